The molecule has 2 heterocycles. The van der Waals surface area contributed by atoms with Crippen LogP contribution in [0.4, 0.5) is 0 Å². The van der Waals surface area contributed by atoms with Crippen LogP contribution in [0.3, 0.4) is 0 Å². The number of aromatic nitrogens is 4. The van der Waals surface area contributed by atoms with Crippen LogP contribution in [0.5, 0.6) is 0 Å². The number of nitrogens with zero attached hydrogens (tertiary/aromatic N) is 4. The van der Waals surface area contributed by atoms with Gasteiger partial charge < -0.3 is 9.88 Å². The highest BCUT2D eigenvalue weighted by Gasteiger charge is 2.13. The van der Waals surface area contributed by atoms with E-state index in [0.717, 1.165) is 43.0 Å². The van der Waals surface area contributed by atoms with Crippen molar-refractivity contribution >= 4 is 0 Å². The molecule has 2 rings (SSSR count). The van der Waals surface area contributed by atoms with Crippen molar-refractivity contribution < 1.29 is 0 Å². The van der Waals surface area contributed by atoms with Crippen LogP contribution >= 0.6 is 0 Å². The van der Waals surface area contributed by atoms with Crippen molar-refractivity contribution in [3.63, 3.8) is 0 Å². The van der Waals surface area contributed by atoms with Crippen molar-refractivity contribution in [1.29, 1.82) is 0 Å². The third-order valence-electron chi connectivity index (χ3n) is 3.38. The third kappa shape index (κ3) is 3.87. The first-order valence-corrected chi connectivity index (χ1v) is 7.18. The Balaban J connectivity index is 2.03. The molecule has 0 amide bonds. The Hall–Kier alpha value is -1.75. The molecule has 5 nitrogen and oxygen atoms in total. The van der Waals surface area contributed by atoms with Crippen molar-refractivity contribution in [3.8, 4) is 0 Å². The molecule has 20 heavy (non-hydrogen) atoms. The van der Waals surface area contributed by atoms with Gasteiger partial charge in [-0.3, -0.25) is 9.97 Å². The van der Waals surface area contributed by atoms with Crippen LogP contribution in [0.1, 0.15) is 43.0 Å². The smallest absolute Gasteiger partial charge is 0.108 e. The summed E-state index contributed by atoms with van der Waals surface area (Å²) in [5, 5.41) is 3.55. The molecule has 2 aromatic heterocycles. The summed E-state index contributed by atoms with van der Waals surface area (Å²) < 4.78 is 2.07. The maximum Gasteiger partial charge on any atom is 0.108 e. The van der Waals surface area contributed by atoms with Crippen molar-refractivity contribution in [1.82, 2.24) is 24.8 Å². The van der Waals surface area contributed by atoms with E-state index in [-0.39, 0.29) is 6.04 Å². The van der Waals surface area contributed by atoms with Gasteiger partial charge in [0.2, 0.25) is 0 Å². The summed E-state index contributed by atoms with van der Waals surface area (Å²) in [5.41, 5.74) is 1.96. The maximum atomic E-state index is 4.50. The van der Waals surface area contributed by atoms with E-state index < -0.39 is 0 Å². The molecule has 0 aliphatic heterocycles. The number of nitrogens with one attached hydrogen (secondary N) is 1. The Morgan fingerprint density at radius 2 is 2.10 bits per heavy atom. The second-order valence-corrected chi connectivity index (χ2v) is 5.08. The zero-order valence-electron chi connectivity index (χ0n) is 12.5. The normalized spacial score (nSPS) is 12.6. The van der Waals surface area contributed by atoms with Crippen LogP contribution in [-0.4, -0.2) is 26.1 Å². The summed E-state index contributed by atoms with van der Waals surface area (Å²) in [4.78, 5) is 13.2. The zero-order valence-corrected chi connectivity index (χ0v) is 12.5. The SMILES string of the molecule is CCCNC(CCc1nccn1C)c1cnc(C)cn1. The monoisotopic (exact) mass is 273 g/mol. The summed E-state index contributed by atoms with van der Waals surface area (Å²) in [6, 6.07) is 0.236. The molecule has 1 atom stereocenters. The van der Waals surface area contributed by atoms with E-state index in [1.807, 2.05) is 38.8 Å². The quantitative estimate of drug-likeness (QED) is 0.840. The Labute approximate surface area is 120 Å². The van der Waals surface area contributed by atoms with E-state index in [1.165, 1.54) is 0 Å². The van der Waals surface area contributed by atoms with Crippen LogP contribution in [-0.2, 0) is 13.5 Å². The molecule has 0 saturated heterocycles. The van der Waals surface area contributed by atoms with Gasteiger partial charge in [-0.1, -0.05) is 6.92 Å². The fraction of sp³-hybridized carbons (Fsp3) is 0.533. The summed E-state index contributed by atoms with van der Waals surface area (Å²) in [6.07, 6.45) is 10.5. The molecule has 0 spiro atoms. The van der Waals surface area contributed by atoms with Crippen molar-refractivity contribution in [2.75, 3.05) is 6.54 Å². The predicted octanol–water partition coefficient (Wildman–Crippen LogP) is 2.19. The molecule has 0 aliphatic rings. The zero-order chi connectivity index (χ0) is 14.4. The molecular weight excluding hydrogens is 250 g/mol. The molecule has 0 saturated carbocycles. The Bertz CT molecular complexity index is 517. The van der Waals surface area contributed by atoms with E-state index in [9.17, 15) is 0 Å². The Morgan fingerprint density at radius 1 is 1.25 bits per heavy atom. The maximum absolute atomic E-state index is 4.50. The van der Waals surface area contributed by atoms with Gasteiger partial charge in [0.15, 0.2) is 0 Å². The number of hydrogen-bond acceptors (Lipinski definition) is 4. The lowest BCUT2D eigenvalue weighted by Crippen LogP contribution is -2.24. The first-order chi connectivity index (χ1) is 9.70. The van der Waals surface area contributed by atoms with Gasteiger partial charge in [-0.15, -0.1) is 0 Å². The number of imidazole rings is 1. The van der Waals surface area contributed by atoms with Gasteiger partial charge in [0.25, 0.3) is 0 Å². The lowest BCUT2D eigenvalue weighted by molar-refractivity contribution is 0.479. The number of rotatable bonds is 7. The molecule has 0 aromatic carbocycles. The number of hydrogen-bond donors (Lipinski definition) is 1. The first-order valence-electron chi connectivity index (χ1n) is 7.18. The van der Waals surface area contributed by atoms with Crippen LogP contribution in [0.25, 0.3) is 0 Å². The molecule has 0 radical (unpaired) electrons. The highest BCUT2D eigenvalue weighted by molar-refractivity contribution is 5.06. The molecule has 0 fully saturated rings. The predicted molar refractivity (Wildman–Crippen MR) is 79.3 cm³/mol. The molecule has 5 heteroatoms. The molecule has 0 bridgehead atoms. The van der Waals surface area contributed by atoms with E-state index in [1.54, 1.807) is 0 Å². The van der Waals surface area contributed by atoms with E-state index in [2.05, 4.69) is 31.8 Å². The van der Waals surface area contributed by atoms with Gasteiger partial charge in [0.1, 0.15) is 5.82 Å². The lowest BCUT2D eigenvalue weighted by atomic mass is 10.1. The Morgan fingerprint density at radius 3 is 2.70 bits per heavy atom. The van der Waals surface area contributed by atoms with Crippen LogP contribution in [0.15, 0.2) is 24.8 Å². The second kappa shape index (κ2) is 7.14. The summed E-state index contributed by atoms with van der Waals surface area (Å²) >= 11 is 0. The Kier molecular flexibility index (Phi) is 5.24. The molecule has 108 valence electrons. The second-order valence-electron chi connectivity index (χ2n) is 5.08. The minimum absolute atomic E-state index is 0.236. The van der Waals surface area contributed by atoms with Gasteiger partial charge in [0.05, 0.1) is 23.6 Å². The highest BCUT2D eigenvalue weighted by atomic mass is 15.0. The van der Waals surface area contributed by atoms with Crippen LogP contribution < -0.4 is 5.32 Å². The van der Waals surface area contributed by atoms with Gasteiger partial charge in [-0.25, -0.2) is 4.98 Å². The molecule has 0 aliphatic carbocycles. The summed E-state index contributed by atoms with van der Waals surface area (Å²) in [7, 11) is 2.03. The average Bonchev–Trinajstić information content (AvgIpc) is 2.86. The minimum Gasteiger partial charge on any atom is -0.338 e. The largest absolute Gasteiger partial charge is 0.338 e. The minimum atomic E-state index is 0.236. The van der Waals surface area contributed by atoms with Crippen molar-refractivity contribution in [2.24, 2.45) is 7.05 Å². The van der Waals surface area contributed by atoms with Gasteiger partial charge in [0, 0.05) is 32.1 Å². The summed E-state index contributed by atoms with van der Waals surface area (Å²) in [6.45, 7) is 5.11. The third-order valence-corrected chi connectivity index (χ3v) is 3.38. The standard InChI is InChI=1S/C15H23N5/c1-4-7-16-13(14-11-18-12(2)10-19-14)5-6-15-17-8-9-20(15)3/h8-11,13,16H,4-7H2,1-3H3. The fourth-order valence-corrected chi connectivity index (χ4v) is 2.17. The van der Waals surface area contributed by atoms with Crippen molar-refractivity contribution in [3.05, 3.63) is 42.0 Å². The molecule has 1 unspecified atom stereocenters. The molecule has 1 N–H and O–H groups in total. The van der Waals surface area contributed by atoms with Crippen LogP contribution in [0.2, 0.25) is 0 Å². The van der Waals surface area contributed by atoms with E-state index >= 15 is 0 Å². The summed E-state index contributed by atoms with van der Waals surface area (Å²) in [5.74, 6) is 1.10. The fourth-order valence-electron chi connectivity index (χ4n) is 2.17. The molecular formula is C15H23N5. The number of aryl methyl sites for hydroxylation is 3. The highest BCUT2D eigenvalue weighted by Crippen LogP contribution is 2.16. The van der Waals surface area contributed by atoms with E-state index in [0.29, 0.717) is 0 Å². The van der Waals surface area contributed by atoms with Gasteiger partial charge in [-0.2, -0.15) is 0 Å². The first kappa shape index (κ1) is 14.7. The molecule has 2 aromatic rings. The lowest BCUT2D eigenvalue weighted by Gasteiger charge is -2.17. The topological polar surface area (TPSA) is 55.6 Å². The average molecular weight is 273 g/mol. The van der Waals surface area contributed by atoms with Gasteiger partial charge in [-0.05, 0) is 26.3 Å². The van der Waals surface area contributed by atoms with E-state index in [4.69, 9.17) is 0 Å². The van der Waals surface area contributed by atoms with Gasteiger partial charge >= 0.3 is 0 Å². The van der Waals surface area contributed by atoms with Crippen LogP contribution in [0, 0.1) is 6.92 Å². The van der Waals surface area contributed by atoms with Crippen molar-refractivity contribution in [2.45, 2.75) is 39.2 Å².